The summed E-state index contributed by atoms with van der Waals surface area (Å²) >= 11 is 0. The van der Waals surface area contributed by atoms with Crippen LogP contribution in [-0.2, 0) is 0 Å². The largest absolute Gasteiger partial charge is 0.335 e. The third-order valence-electron chi connectivity index (χ3n) is 2.34. The lowest BCUT2D eigenvalue weighted by Gasteiger charge is -1.98. The Kier molecular flexibility index (Phi) is 1.83. The summed E-state index contributed by atoms with van der Waals surface area (Å²) in [5.41, 5.74) is 3.16. The molecule has 2 heterocycles. The molecule has 16 heavy (non-hydrogen) atoms. The molecule has 1 aromatic carbocycles. The molecule has 5 heteroatoms. The van der Waals surface area contributed by atoms with Crippen molar-refractivity contribution in [2.24, 2.45) is 0 Å². The highest BCUT2D eigenvalue weighted by atomic mass is 16.1. The molecule has 0 bridgehead atoms. The first-order valence-electron chi connectivity index (χ1n) is 4.75. The second-order valence-electron chi connectivity index (χ2n) is 3.39. The summed E-state index contributed by atoms with van der Waals surface area (Å²) in [7, 11) is 0. The van der Waals surface area contributed by atoms with E-state index >= 15 is 0 Å². The zero-order valence-corrected chi connectivity index (χ0v) is 8.19. The fraction of sp³-hybridized carbons (Fsp3) is 0. The van der Waals surface area contributed by atoms with Crippen LogP contribution in [0.5, 0.6) is 0 Å². The molecule has 2 aromatic heterocycles. The summed E-state index contributed by atoms with van der Waals surface area (Å²) in [6, 6.07) is 8.83. The molecule has 0 saturated heterocycles. The van der Waals surface area contributed by atoms with Gasteiger partial charge in [0.05, 0.1) is 16.7 Å². The van der Waals surface area contributed by atoms with Gasteiger partial charge in [-0.05, 0) is 18.2 Å². The van der Waals surface area contributed by atoms with Crippen molar-refractivity contribution < 1.29 is 0 Å². The standard InChI is InChI=1S/C11H7N4O/c16-11-4-3-8(14-15-11)7-1-2-9-10(5-7)13-6-12-9/h1-5H,(H,12,13)(H,15,16). The molecule has 0 amide bonds. The Morgan fingerprint density at radius 3 is 2.94 bits per heavy atom. The second-order valence-corrected chi connectivity index (χ2v) is 3.39. The van der Waals surface area contributed by atoms with Crippen molar-refractivity contribution in [2.75, 3.05) is 0 Å². The Bertz CT molecular complexity index is 678. The number of H-pyrrole nitrogens is 2. The van der Waals surface area contributed by atoms with Gasteiger partial charge in [-0.25, -0.2) is 10.1 Å². The maximum Gasteiger partial charge on any atom is 0.264 e. The van der Waals surface area contributed by atoms with Crippen LogP contribution in [0.25, 0.3) is 22.3 Å². The number of aromatic amines is 2. The van der Waals surface area contributed by atoms with Crippen LogP contribution in [0.1, 0.15) is 0 Å². The van der Waals surface area contributed by atoms with E-state index in [2.05, 4.69) is 26.5 Å². The molecular formula is C11H7N4O. The van der Waals surface area contributed by atoms with E-state index in [-0.39, 0.29) is 5.56 Å². The highest BCUT2D eigenvalue weighted by Crippen LogP contribution is 2.19. The summed E-state index contributed by atoms with van der Waals surface area (Å²) in [6.45, 7) is 0. The lowest BCUT2D eigenvalue weighted by molar-refractivity contribution is 0.995. The van der Waals surface area contributed by atoms with E-state index in [0.717, 1.165) is 16.6 Å². The van der Waals surface area contributed by atoms with Gasteiger partial charge in [-0.1, -0.05) is 6.07 Å². The molecule has 0 atom stereocenters. The molecule has 0 aliphatic heterocycles. The van der Waals surface area contributed by atoms with E-state index in [0.29, 0.717) is 5.69 Å². The zero-order chi connectivity index (χ0) is 11.0. The van der Waals surface area contributed by atoms with Gasteiger partial charge in [0.25, 0.3) is 5.56 Å². The SMILES string of the molecule is O=c1ccc(-c2ccc3[nH][c]nc3c2)n[nH]1. The van der Waals surface area contributed by atoms with Gasteiger partial charge in [0.1, 0.15) is 0 Å². The van der Waals surface area contributed by atoms with E-state index < -0.39 is 0 Å². The second kappa shape index (κ2) is 3.30. The molecular weight excluding hydrogens is 204 g/mol. The Balaban J connectivity index is 2.17. The van der Waals surface area contributed by atoms with Gasteiger partial charge in [0.15, 0.2) is 6.33 Å². The number of nitrogens with one attached hydrogen (secondary N) is 2. The average Bonchev–Trinajstić information content (AvgIpc) is 2.77. The number of fused-ring (bicyclic) bond motifs is 1. The summed E-state index contributed by atoms with van der Waals surface area (Å²) < 4.78 is 0. The lowest BCUT2D eigenvalue weighted by atomic mass is 10.1. The van der Waals surface area contributed by atoms with E-state index in [1.54, 1.807) is 6.07 Å². The van der Waals surface area contributed by atoms with Crippen LogP contribution in [0.4, 0.5) is 0 Å². The molecule has 5 nitrogen and oxygen atoms in total. The molecule has 77 valence electrons. The van der Waals surface area contributed by atoms with Gasteiger partial charge in [-0.2, -0.15) is 5.10 Å². The topological polar surface area (TPSA) is 74.4 Å². The average molecular weight is 211 g/mol. The molecule has 3 aromatic rings. The highest BCUT2D eigenvalue weighted by molar-refractivity contribution is 5.80. The normalized spacial score (nSPS) is 10.8. The molecule has 0 unspecified atom stereocenters. The first-order valence-corrected chi connectivity index (χ1v) is 4.75. The number of imidazole rings is 1. The monoisotopic (exact) mass is 211 g/mol. The Morgan fingerprint density at radius 2 is 2.12 bits per heavy atom. The van der Waals surface area contributed by atoms with Crippen molar-refractivity contribution in [3.05, 3.63) is 47.0 Å². The number of hydrogen-bond donors (Lipinski definition) is 2. The predicted octanol–water partition coefficient (Wildman–Crippen LogP) is 1.11. The molecule has 3 rings (SSSR count). The van der Waals surface area contributed by atoms with Crippen LogP contribution >= 0.6 is 0 Å². The zero-order valence-electron chi connectivity index (χ0n) is 8.19. The minimum atomic E-state index is -0.210. The molecule has 0 spiro atoms. The third-order valence-corrected chi connectivity index (χ3v) is 2.34. The van der Waals surface area contributed by atoms with Gasteiger partial charge < -0.3 is 4.98 Å². The van der Waals surface area contributed by atoms with Crippen molar-refractivity contribution in [3.8, 4) is 11.3 Å². The lowest BCUT2D eigenvalue weighted by Crippen LogP contribution is -2.05. The summed E-state index contributed by atoms with van der Waals surface area (Å²) in [5, 5.41) is 6.35. The van der Waals surface area contributed by atoms with Crippen molar-refractivity contribution in [2.45, 2.75) is 0 Å². The number of benzene rings is 1. The van der Waals surface area contributed by atoms with E-state index in [9.17, 15) is 4.79 Å². The first-order chi connectivity index (χ1) is 7.83. The molecule has 0 saturated carbocycles. The summed E-state index contributed by atoms with van der Waals surface area (Å²) in [5.74, 6) is 0. The van der Waals surface area contributed by atoms with Crippen LogP contribution in [0.15, 0.2) is 35.1 Å². The molecule has 0 aliphatic rings. The molecule has 2 N–H and O–H groups in total. The quantitative estimate of drug-likeness (QED) is 0.633. The van der Waals surface area contributed by atoms with Gasteiger partial charge in [0, 0.05) is 11.6 Å². The van der Waals surface area contributed by atoms with Gasteiger partial charge in [-0.15, -0.1) is 0 Å². The maximum atomic E-state index is 10.9. The highest BCUT2D eigenvalue weighted by Gasteiger charge is 2.02. The fourth-order valence-electron chi connectivity index (χ4n) is 1.54. The number of hydrogen-bond acceptors (Lipinski definition) is 3. The molecule has 0 fully saturated rings. The Morgan fingerprint density at radius 1 is 1.19 bits per heavy atom. The first kappa shape index (κ1) is 8.84. The minimum Gasteiger partial charge on any atom is -0.335 e. The van der Waals surface area contributed by atoms with Crippen LogP contribution in [0.3, 0.4) is 0 Å². The molecule has 1 radical (unpaired) electrons. The smallest absolute Gasteiger partial charge is 0.264 e. The van der Waals surface area contributed by atoms with Crippen LogP contribution in [0.2, 0.25) is 0 Å². The minimum absolute atomic E-state index is 0.210. The van der Waals surface area contributed by atoms with Crippen LogP contribution in [-0.4, -0.2) is 20.2 Å². The summed E-state index contributed by atoms with van der Waals surface area (Å²) in [6.07, 6.45) is 2.67. The predicted molar refractivity (Wildman–Crippen MR) is 58.8 cm³/mol. The summed E-state index contributed by atoms with van der Waals surface area (Å²) in [4.78, 5) is 17.8. The number of nitrogens with zero attached hydrogens (tertiary/aromatic N) is 2. The Hall–Kier alpha value is -2.43. The Labute approximate surface area is 90.2 Å². The number of rotatable bonds is 1. The van der Waals surface area contributed by atoms with Crippen molar-refractivity contribution >= 4 is 11.0 Å². The maximum absolute atomic E-state index is 10.9. The van der Waals surface area contributed by atoms with E-state index in [1.807, 2.05) is 18.2 Å². The fourth-order valence-corrected chi connectivity index (χ4v) is 1.54. The van der Waals surface area contributed by atoms with Gasteiger partial charge >= 0.3 is 0 Å². The van der Waals surface area contributed by atoms with E-state index in [1.165, 1.54) is 6.07 Å². The van der Waals surface area contributed by atoms with Crippen molar-refractivity contribution in [1.29, 1.82) is 0 Å². The van der Waals surface area contributed by atoms with Gasteiger partial charge in [0.2, 0.25) is 0 Å². The number of aromatic nitrogens is 4. The van der Waals surface area contributed by atoms with Crippen molar-refractivity contribution in [1.82, 2.24) is 20.2 Å². The van der Waals surface area contributed by atoms with Crippen LogP contribution < -0.4 is 5.56 Å². The van der Waals surface area contributed by atoms with Gasteiger partial charge in [-0.3, -0.25) is 4.79 Å². The van der Waals surface area contributed by atoms with Crippen LogP contribution in [0, 0.1) is 6.33 Å². The van der Waals surface area contributed by atoms with E-state index in [4.69, 9.17) is 0 Å². The van der Waals surface area contributed by atoms with Crippen molar-refractivity contribution in [3.63, 3.8) is 0 Å². The third kappa shape index (κ3) is 1.38. The molecule has 0 aliphatic carbocycles.